The Labute approximate surface area is 173 Å². The number of benzene rings is 2. The predicted octanol–water partition coefficient (Wildman–Crippen LogP) is 4.48. The third kappa shape index (κ3) is 4.46. The van der Waals surface area contributed by atoms with Gasteiger partial charge in [0, 0.05) is 23.7 Å². The molecule has 6 nitrogen and oxygen atoms in total. The normalized spacial score (nSPS) is 11.9. The average Bonchev–Trinajstić information content (AvgIpc) is 3.43. The first-order valence-electron chi connectivity index (χ1n) is 9.67. The Morgan fingerprint density at radius 1 is 1.17 bits per heavy atom. The molecule has 2 heterocycles. The van der Waals surface area contributed by atoms with Crippen LogP contribution in [-0.2, 0) is 13.0 Å². The van der Waals surface area contributed by atoms with E-state index >= 15 is 0 Å². The number of nitrogens with zero attached hydrogens (tertiary/aromatic N) is 2. The highest BCUT2D eigenvalue weighted by Crippen LogP contribution is 2.22. The van der Waals surface area contributed by atoms with E-state index in [1.54, 1.807) is 24.4 Å². The molecule has 2 aromatic heterocycles. The Balaban J connectivity index is 1.38. The van der Waals surface area contributed by atoms with Gasteiger partial charge in [0.2, 0.25) is 5.76 Å². The second-order valence-electron chi connectivity index (χ2n) is 7.16. The fourth-order valence-electron chi connectivity index (χ4n) is 3.30. The molecule has 4 rings (SSSR count). The first-order chi connectivity index (χ1) is 14.6. The number of rotatable bonds is 7. The van der Waals surface area contributed by atoms with Crippen LogP contribution in [0.15, 0.2) is 71.4 Å². The Morgan fingerprint density at radius 3 is 2.70 bits per heavy atom. The lowest BCUT2D eigenvalue weighted by Gasteiger charge is -2.08. The van der Waals surface area contributed by atoms with E-state index in [2.05, 4.69) is 39.7 Å². The Hall–Kier alpha value is -3.74. The number of halogens is 1. The van der Waals surface area contributed by atoms with Crippen LogP contribution in [0, 0.1) is 5.82 Å². The average molecular weight is 404 g/mol. The molecule has 1 amide bonds. The van der Waals surface area contributed by atoms with Crippen molar-refractivity contribution in [2.75, 3.05) is 0 Å². The summed E-state index contributed by atoms with van der Waals surface area (Å²) in [6.45, 7) is 2.36. The molecule has 152 valence electrons. The van der Waals surface area contributed by atoms with Crippen LogP contribution in [0.25, 0.3) is 11.3 Å². The monoisotopic (exact) mass is 404 g/mol. The molecule has 0 fully saturated rings. The molecule has 0 saturated heterocycles. The van der Waals surface area contributed by atoms with Crippen LogP contribution in [0.3, 0.4) is 0 Å². The second kappa shape index (κ2) is 8.73. The van der Waals surface area contributed by atoms with E-state index < -0.39 is 0 Å². The molecular formula is C23H21FN4O2. The summed E-state index contributed by atoms with van der Waals surface area (Å²) in [7, 11) is 0. The smallest absolute Gasteiger partial charge is 0.290 e. The Bertz CT molecular complexity index is 1120. The second-order valence-corrected chi connectivity index (χ2v) is 7.16. The van der Waals surface area contributed by atoms with Gasteiger partial charge in [0.1, 0.15) is 5.82 Å². The van der Waals surface area contributed by atoms with Crippen molar-refractivity contribution < 1.29 is 13.7 Å². The Morgan fingerprint density at radius 2 is 1.93 bits per heavy atom. The van der Waals surface area contributed by atoms with Crippen molar-refractivity contribution in [2.45, 2.75) is 25.8 Å². The van der Waals surface area contributed by atoms with Crippen molar-refractivity contribution in [3.63, 3.8) is 0 Å². The number of hydrogen-bond acceptors (Lipinski definition) is 4. The molecule has 2 aromatic carbocycles. The topological polar surface area (TPSA) is 83.8 Å². The van der Waals surface area contributed by atoms with Gasteiger partial charge in [0.05, 0.1) is 17.6 Å². The fourth-order valence-corrected chi connectivity index (χ4v) is 3.30. The molecule has 0 aliphatic heterocycles. The van der Waals surface area contributed by atoms with Crippen LogP contribution in [0.4, 0.5) is 4.39 Å². The van der Waals surface area contributed by atoms with E-state index in [-0.39, 0.29) is 29.9 Å². The lowest BCUT2D eigenvalue weighted by atomic mass is 9.96. The number of carbonyl (C=O) groups excluding carboxylic acids is 1. The molecule has 0 unspecified atom stereocenters. The summed E-state index contributed by atoms with van der Waals surface area (Å²) >= 11 is 0. The van der Waals surface area contributed by atoms with Crippen molar-refractivity contribution in [1.29, 1.82) is 0 Å². The summed E-state index contributed by atoms with van der Waals surface area (Å²) in [5, 5.41) is 13.8. The molecule has 7 heteroatoms. The Kier molecular flexibility index (Phi) is 5.70. The standard InChI is InChI=1S/C23H21FN4O2/c1-15(16-5-3-2-4-6-16)11-20-12-21(30-28-20)23(29)25-13-18-14-26-27-22(18)17-7-9-19(24)10-8-17/h2-10,12,14-15H,11,13H2,1H3,(H,25,29)(H,26,27)/t15-/m0/s1. The van der Waals surface area contributed by atoms with Crippen molar-refractivity contribution in [2.24, 2.45) is 0 Å². The van der Waals surface area contributed by atoms with Gasteiger partial charge in [-0.15, -0.1) is 0 Å². The summed E-state index contributed by atoms with van der Waals surface area (Å²) < 4.78 is 18.4. The van der Waals surface area contributed by atoms with Gasteiger partial charge >= 0.3 is 0 Å². The molecule has 0 saturated carbocycles. The number of amides is 1. The summed E-state index contributed by atoms with van der Waals surface area (Å²) in [4.78, 5) is 12.5. The van der Waals surface area contributed by atoms with Crippen molar-refractivity contribution >= 4 is 5.91 Å². The molecule has 0 aliphatic rings. The third-order valence-electron chi connectivity index (χ3n) is 4.96. The predicted molar refractivity (Wildman–Crippen MR) is 110 cm³/mol. The van der Waals surface area contributed by atoms with Crippen LogP contribution < -0.4 is 5.32 Å². The van der Waals surface area contributed by atoms with Crippen LogP contribution in [-0.4, -0.2) is 21.3 Å². The van der Waals surface area contributed by atoms with Crippen LogP contribution in [0.2, 0.25) is 0 Å². The minimum absolute atomic E-state index is 0.164. The first kappa shape index (κ1) is 19.6. The minimum Gasteiger partial charge on any atom is -0.351 e. The quantitative estimate of drug-likeness (QED) is 0.476. The SMILES string of the molecule is C[C@@H](Cc1cc(C(=O)NCc2cn[nH]c2-c2ccc(F)cc2)on1)c1ccccc1. The van der Waals surface area contributed by atoms with Gasteiger partial charge in [-0.2, -0.15) is 5.10 Å². The fraction of sp³-hybridized carbons (Fsp3) is 0.174. The highest BCUT2D eigenvalue weighted by Gasteiger charge is 2.16. The van der Waals surface area contributed by atoms with E-state index in [1.165, 1.54) is 17.7 Å². The van der Waals surface area contributed by atoms with Crippen LogP contribution >= 0.6 is 0 Å². The van der Waals surface area contributed by atoms with Gasteiger partial charge in [0.15, 0.2) is 0 Å². The molecule has 1 atom stereocenters. The summed E-state index contributed by atoms with van der Waals surface area (Å²) in [6.07, 6.45) is 2.31. The lowest BCUT2D eigenvalue weighted by molar-refractivity contribution is 0.0914. The molecule has 0 radical (unpaired) electrons. The van der Waals surface area contributed by atoms with E-state index in [0.717, 1.165) is 22.5 Å². The highest BCUT2D eigenvalue weighted by atomic mass is 19.1. The van der Waals surface area contributed by atoms with Gasteiger partial charge in [0.25, 0.3) is 5.91 Å². The zero-order chi connectivity index (χ0) is 20.9. The summed E-state index contributed by atoms with van der Waals surface area (Å²) in [6, 6.07) is 17.9. The third-order valence-corrected chi connectivity index (χ3v) is 4.96. The zero-order valence-electron chi connectivity index (χ0n) is 16.4. The highest BCUT2D eigenvalue weighted by molar-refractivity contribution is 5.91. The molecule has 4 aromatic rings. The number of H-pyrrole nitrogens is 1. The zero-order valence-corrected chi connectivity index (χ0v) is 16.4. The van der Waals surface area contributed by atoms with Crippen LogP contribution in [0.1, 0.15) is 40.2 Å². The van der Waals surface area contributed by atoms with Crippen LogP contribution in [0.5, 0.6) is 0 Å². The minimum atomic E-state index is -0.354. The maximum atomic E-state index is 13.1. The molecule has 30 heavy (non-hydrogen) atoms. The number of hydrogen-bond donors (Lipinski definition) is 2. The number of aromatic amines is 1. The lowest BCUT2D eigenvalue weighted by Crippen LogP contribution is -2.22. The molecule has 2 N–H and O–H groups in total. The van der Waals surface area contributed by atoms with E-state index in [0.29, 0.717) is 6.42 Å². The largest absolute Gasteiger partial charge is 0.351 e. The first-order valence-corrected chi connectivity index (χ1v) is 9.67. The van der Waals surface area contributed by atoms with E-state index in [1.807, 2.05) is 18.2 Å². The van der Waals surface area contributed by atoms with Gasteiger partial charge in [-0.3, -0.25) is 9.89 Å². The number of carbonyl (C=O) groups is 1. The van der Waals surface area contributed by atoms with Crippen molar-refractivity contribution in [3.8, 4) is 11.3 Å². The van der Waals surface area contributed by atoms with Gasteiger partial charge < -0.3 is 9.84 Å². The van der Waals surface area contributed by atoms with Crippen molar-refractivity contribution in [1.82, 2.24) is 20.7 Å². The molecule has 0 bridgehead atoms. The molecule has 0 spiro atoms. The van der Waals surface area contributed by atoms with E-state index in [4.69, 9.17) is 4.52 Å². The number of nitrogens with one attached hydrogen (secondary N) is 2. The molecule has 0 aliphatic carbocycles. The maximum Gasteiger partial charge on any atom is 0.290 e. The molecular weight excluding hydrogens is 383 g/mol. The van der Waals surface area contributed by atoms with Gasteiger partial charge in [-0.05, 0) is 42.2 Å². The number of aromatic nitrogens is 3. The summed E-state index contributed by atoms with van der Waals surface area (Å²) in [5.41, 5.74) is 4.24. The van der Waals surface area contributed by atoms with Gasteiger partial charge in [-0.25, -0.2) is 4.39 Å². The van der Waals surface area contributed by atoms with E-state index in [9.17, 15) is 9.18 Å². The maximum absolute atomic E-state index is 13.1. The van der Waals surface area contributed by atoms with Gasteiger partial charge in [-0.1, -0.05) is 42.4 Å². The summed E-state index contributed by atoms with van der Waals surface area (Å²) in [5.74, 6) is -0.239. The van der Waals surface area contributed by atoms with Crippen molar-refractivity contribution in [3.05, 3.63) is 95.3 Å².